The number of rotatable bonds is 3. The Morgan fingerprint density at radius 2 is 2.11 bits per heavy atom. The zero-order valence-corrected chi connectivity index (χ0v) is 10.5. The lowest BCUT2D eigenvalue weighted by atomic mass is 10.1. The molecular weight excluding hydrogens is 228 g/mol. The van der Waals surface area contributed by atoms with Crippen molar-refractivity contribution in [1.29, 1.82) is 0 Å². The van der Waals surface area contributed by atoms with Crippen molar-refractivity contribution in [3.63, 3.8) is 0 Å². The summed E-state index contributed by atoms with van der Waals surface area (Å²) in [4.78, 5) is 26.5. The van der Waals surface area contributed by atoms with Gasteiger partial charge in [0.1, 0.15) is 5.56 Å². The Morgan fingerprint density at radius 3 is 2.83 bits per heavy atom. The van der Waals surface area contributed by atoms with Gasteiger partial charge in [0, 0.05) is 11.6 Å². The van der Waals surface area contributed by atoms with Crippen LogP contribution >= 0.6 is 0 Å². The van der Waals surface area contributed by atoms with Crippen LogP contribution in [-0.2, 0) is 0 Å². The highest BCUT2D eigenvalue weighted by molar-refractivity contribution is 5.97. The lowest BCUT2D eigenvalue weighted by molar-refractivity contribution is 0.0938. The van der Waals surface area contributed by atoms with Crippen molar-refractivity contribution in [2.75, 3.05) is 0 Å². The van der Waals surface area contributed by atoms with Crippen LogP contribution in [0.2, 0.25) is 0 Å². The fourth-order valence-electron chi connectivity index (χ4n) is 1.72. The van der Waals surface area contributed by atoms with Crippen LogP contribution in [-0.4, -0.2) is 16.9 Å². The molecule has 4 heteroatoms. The number of carbonyl (C=O) groups excluding carboxylic acids is 1. The summed E-state index contributed by atoms with van der Waals surface area (Å²) in [6, 6.07) is 9.08. The van der Waals surface area contributed by atoms with Gasteiger partial charge in [0.05, 0.1) is 0 Å². The van der Waals surface area contributed by atoms with Gasteiger partial charge in [-0.1, -0.05) is 25.1 Å². The number of fused-ring (bicyclic) bond motifs is 1. The first-order valence-corrected chi connectivity index (χ1v) is 6.04. The molecule has 0 bridgehead atoms. The van der Waals surface area contributed by atoms with Crippen molar-refractivity contribution in [3.8, 4) is 0 Å². The fraction of sp³-hybridized carbons (Fsp3) is 0.286. The molecule has 94 valence electrons. The van der Waals surface area contributed by atoms with E-state index in [1.807, 2.05) is 38.1 Å². The third-order valence-electron chi connectivity index (χ3n) is 2.99. The van der Waals surface area contributed by atoms with E-state index in [4.69, 9.17) is 0 Å². The highest BCUT2D eigenvalue weighted by Crippen LogP contribution is 2.10. The molecule has 1 unspecified atom stereocenters. The molecule has 1 atom stereocenters. The van der Waals surface area contributed by atoms with Gasteiger partial charge < -0.3 is 10.3 Å². The fourth-order valence-corrected chi connectivity index (χ4v) is 1.72. The van der Waals surface area contributed by atoms with E-state index in [0.29, 0.717) is 0 Å². The summed E-state index contributed by atoms with van der Waals surface area (Å²) in [5, 5.41) is 3.65. The number of hydrogen-bond acceptors (Lipinski definition) is 2. The normalized spacial score (nSPS) is 12.3. The molecule has 0 spiro atoms. The third-order valence-corrected chi connectivity index (χ3v) is 2.99. The molecule has 0 fully saturated rings. The Kier molecular flexibility index (Phi) is 3.46. The van der Waals surface area contributed by atoms with E-state index in [2.05, 4.69) is 10.3 Å². The van der Waals surface area contributed by atoms with Crippen LogP contribution in [0.3, 0.4) is 0 Å². The average molecular weight is 244 g/mol. The van der Waals surface area contributed by atoms with Crippen LogP contribution in [0.25, 0.3) is 10.9 Å². The summed E-state index contributed by atoms with van der Waals surface area (Å²) in [5.74, 6) is -0.323. The van der Waals surface area contributed by atoms with Gasteiger partial charge in [-0.15, -0.1) is 0 Å². The maximum Gasteiger partial charge on any atom is 0.261 e. The van der Waals surface area contributed by atoms with Crippen LogP contribution in [0.5, 0.6) is 0 Å². The van der Waals surface area contributed by atoms with Gasteiger partial charge >= 0.3 is 0 Å². The first-order valence-electron chi connectivity index (χ1n) is 6.04. The van der Waals surface area contributed by atoms with Crippen molar-refractivity contribution in [2.45, 2.75) is 26.3 Å². The number of amides is 1. The van der Waals surface area contributed by atoms with Crippen LogP contribution in [0.1, 0.15) is 30.6 Å². The first-order chi connectivity index (χ1) is 8.61. The lowest BCUT2D eigenvalue weighted by Crippen LogP contribution is -2.35. The predicted octanol–water partition coefficient (Wildman–Crippen LogP) is 2.06. The van der Waals surface area contributed by atoms with Gasteiger partial charge in [0.15, 0.2) is 0 Å². The summed E-state index contributed by atoms with van der Waals surface area (Å²) < 4.78 is 0. The van der Waals surface area contributed by atoms with E-state index in [-0.39, 0.29) is 23.1 Å². The Labute approximate surface area is 105 Å². The maximum atomic E-state index is 11.9. The highest BCUT2D eigenvalue weighted by Gasteiger charge is 2.13. The summed E-state index contributed by atoms with van der Waals surface area (Å²) in [7, 11) is 0. The number of para-hydroxylation sites is 1. The predicted molar refractivity (Wildman–Crippen MR) is 71.8 cm³/mol. The van der Waals surface area contributed by atoms with E-state index in [1.165, 1.54) is 0 Å². The molecule has 2 aromatic rings. The highest BCUT2D eigenvalue weighted by atomic mass is 16.2. The number of H-pyrrole nitrogens is 1. The molecule has 0 saturated heterocycles. The van der Waals surface area contributed by atoms with Crippen LogP contribution < -0.4 is 10.9 Å². The minimum Gasteiger partial charge on any atom is -0.349 e. The molecule has 2 N–H and O–H groups in total. The second kappa shape index (κ2) is 5.04. The molecule has 0 aliphatic heterocycles. The van der Waals surface area contributed by atoms with Gasteiger partial charge in [-0.25, -0.2) is 0 Å². The van der Waals surface area contributed by atoms with Gasteiger partial charge in [-0.3, -0.25) is 9.59 Å². The zero-order valence-electron chi connectivity index (χ0n) is 10.5. The third kappa shape index (κ3) is 2.42. The van der Waals surface area contributed by atoms with E-state index < -0.39 is 0 Å². The summed E-state index contributed by atoms with van der Waals surface area (Å²) in [6.07, 6.45) is 0.831. The number of pyridine rings is 1. The molecule has 1 amide bonds. The van der Waals surface area contributed by atoms with Crippen molar-refractivity contribution in [3.05, 3.63) is 46.2 Å². The Morgan fingerprint density at radius 1 is 1.39 bits per heavy atom. The molecule has 1 aromatic carbocycles. The second-order valence-electron chi connectivity index (χ2n) is 4.38. The average Bonchev–Trinajstić information content (AvgIpc) is 2.37. The van der Waals surface area contributed by atoms with E-state index >= 15 is 0 Å². The summed E-state index contributed by atoms with van der Waals surface area (Å²) in [6.45, 7) is 3.89. The lowest BCUT2D eigenvalue weighted by Gasteiger charge is -2.11. The second-order valence-corrected chi connectivity index (χ2v) is 4.38. The quantitative estimate of drug-likeness (QED) is 0.868. The molecule has 0 saturated carbocycles. The van der Waals surface area contributed by atoms with Crippen molar-refractivity contribution in [2.24, 2.45) is 0 Å². The van der Waals surface area contributed by atoms with E-state index in [0.717, 1.165) is 17.3 Å². The number of hydrogen-bond donors (Lipinski definition) is 2. The Bertz CT molecular complexity index is 631. The summed E-state index contributed by atoms with van der Waals surface area (Å²) in [5.41, 5.74) is 0.547. The zero-order chi connectivity index (χ0) is 13.1. The SMILES string of the molecule is CCC(C)NC(=O)c1cc2ccccc2[nH]c1=O. The summed E-state index contributed by atoms with van der Waals surface area (Å²) >= 11 is 0. The number of nitrogens with one attached hydrogen (secondary N) is 2. The van der Waals surface area contributed by atoms with E-state index in [1.54, 1.807) is 6.07 Å². The minimum atomic E-state index is -0.352. The largest absolute Gasteiger partial charge is 0.349 e. The Balaban J connectivity index is 2.42. The molecule has 0 radical (unpaired) electrons. The molecule has 0 aliphatic rings. The molecule has 1 heterocycles. The molecular formula is C14H16N2O2. The Hall–Kier alpha value is -2.10. The van der Waals surface area contributed by atoms with Crippen molar-refractivity contribution < 1.29 is 4.79 Å². The van der Waals surface area contributed by atoms with Crippen LogP contribution in [0.15, 0.2) is 35.1 Å². The molecule has 0 aliphatic carbocycles. The van der Waals surface area contributed by atoms with Crippen molar-refractivity contribution in [1.82, 2.24) is 10.3 Å². The number of aromatic nitrogens is 1. The minimum absolute atomic E-state index is 0.0587. The van der Waals surface area contributed by atoms with E-state index in [9.17, 15) is 9.59 Å². The monoisotopic (exact) mass is 244 g/mol. The maximum absolute atomic E-state index is 11.9. The smallest absolute Gasteiger partial charge is 0.261 e. The molecule has 18 heavy (non-hydrogen) atoms. The number of aromatic amines is 1. The van der Waals surface area contributed by atoms with Crippen LogP contribution in [0.4, 0.5) is 0 Å². The molecule has 2 rings (SSSR count). The topological polar surface area (TPSA) is 62.0 Å². The first kappa shape index (κ1) is 12.4. The van der Waals surface area contributed by atoms with Crippen molar-refractivity contribution >= 4 is 16.8 Å². The van der Waals surface area contributed by atoms with Crippen LogP contribution in [0, 0.1) is 0 Å². The number of benzene rings is 1. The molecule has 1 aromatic heterocycles. The van der Waals surface area contributed by atoms with Gasteiger partial charge in [-0.05, 0) is 30.9 Å². The van der Waals surface area contributed by atoms with Gasteiger partial charge in [-0.2, -0.15) is 0 Å². The molecule has 4 nitrogen and oxygen atoms in total. The van der Waals surface area contributed by atoms with Gasteiger partial charge in [0.25, 0.3) is 11.5 Å². The standard InChI is InChI=1S/C14H16N2O2/c1-3-9(2)15-13(17)11-8-10-6-4-5-7-12(10)16-14(11)18/h4-9H,3H2,1-2H3,(H,15,17)(H,16,18). The number of carbonyl (C=O) groups is 1. The van der Waals surface area contributed by atoms with Gasteiger partial charge in [0.2, 0.25) is 0 Å².